The van der Waals surface area contributed by atoms with E-state index in [4.69, 9.17) is 9.66 Å². The van der Waals surface area contributed by atoms with Gasteiger partial charge in [-0.1, -0.05) is 25.6 Å². The van der Waals surface area contributed by atoms with Crippen LogP contribution in [0.15, 0.2) is 22.2 Å². The molecule has 0 saturated carbocycles. The molecule has 134 valence electrons. The Morgan fingerprint density at radius 3 is 2.67 bits per heavy atom. The molecule has 0 bridgehead atoms. The van der Waals surface area contributed by atoms with Crippen molar-refractivity contribution < 1.29 is 13.9 Å². The van der Waals surface area contributed by atoms with Gasteiger partial charge in [0, 0.05) is 36.7 Å². The summed E-state index contributed by atoms with van der Waals surface area (Å²) in [6.45, 7) is 4.18. The minimum atomic E-state index is -1.89. The maximum atomic E-state index is 12.5. The Morgan fingerprint density at radius 1 is 1.38 bits per heavy atom. The number of hydrogen-bond acceptors (Lipinski definition) is 6. The molecule has 0 aromatic carbocycles. The van der Waals surface area contributed by atoms with Gasteiger partial charge in [0.1, 0.15) is 5.65 Å². The summed E-state index contributed by atoms with van der Waals surface area (Å²) in [5, 5.41) is 10.4. The largest absolute Gasteiger partial charge is 0.396 e. The first kappa shape index (κ1) is 20.8. The molecule has 0 spiro atoms. The fourth-order valence-corrected chi connectivity index (χ4v) is 2.87. The van der Waals surface area contributed by atoms with Crippen molar-refractivity contribution in [3.63, 3.8) is 0 Å². The predicted octanol–water partition coefficient (Wildman–Crippen LogP) is 1.69. The number of aliphatic hydroxyl groups excluding tert-OH is 1. The molecule has 2 aromatic heterocycles. The maximum Gasteiger partial charge on any atom is 0.255 e. The minimum absolute atomic E-state index is 0.0959. The zero-order valence-corrected chi connectivity index (χ0v) is 15.7. The van der Waals surface area contributed by atoms with E-state index in [0.717, 1.165) is 0 Å². The second kappa shape index (κ2) is 10.5. The summed E-state index contributed by atoms with van der Waals surface area (Å²) in [7, 11) is 0. The molecular formula is C15H23N3O4S2. The van der Waals surface area contributed by atoms with Crippen LogP contribution in [0, 0.1) is 0 Å². The van der Waals surface area contributed by atoms with Gasteiger partial charge in [-0.3, -0.25) is 9.36 Å². The van der Waals surface area contributed by atoms with Gasteiger partial charge in [-0.2, -0.15) is 0 Å². The fraction of sp³-hybridized carbons (Fsp3) is 0.533. The van der Waals surface area contributed by atoms with E-state index >= 15 is 0 Å². The van der Waals surface area contributed by atoms with Gasteiger partial charge in [-0.05, 0) is 18.7 Å². The van der Waals surface area contributed by atoms with Crippen LogP contribution < -0.4 is 5.56 Å². The van der Waals surface area contributed by atoms with E-state index in [1.165, 1.54) is 16.3 Å². The van der Waals surface area contributed by atoms with Crippen molar-refractivity contribution in [3.8, 4) is 0 Å². The standard InChI is InChI=1S/C13H17N3O4S2.C2H6/c1-21-13-14-8-10-7-9(3-5-17)12(18)16(11(10)15-13)4-2-6-22(19)20;1-2/h7-8,17H,2-6H2,1H3,(H,19,20);1-2H3. The summed E-state index contributed by atoms with van der Waals surface area (Å²) in [6.07, 6.45) is 4.14. The van der Waals surface area contributed by atoms with Gasteiger partial charge >= 0.3 is 0 Å². The number of aliphatic hydroxyl groups is 1. The summed E-state index contributed by atoms with van der Waals surface area (Å²) >= 11 is -0.511. The molecule has 0 aliphatic heterocycles. The topological polar surface area (TPSA) is 105 Å². The van der Waals surface area contributed by atoms with Crippen molar-refractivity contribution in [1.82, 2.24) is 14.5 Å². The summed E-state index contributed by atoms with van der Waals surface area (Å²) in [5.41, 5.74) is 0.770. The third-order valence-electron chi connectivity index (χ3n) is 3.14. The number of hydrogen-bond donors (Lipinski definition) is 2. The van der Waals surface area contributed by atoms with Crippen molar-refractivity contribution in [2.24, 2.45) is 0 Å². The maximum absolute atomic E-state index is 12.5. The lowest BCUT2D eigenvalue weighted by atomic mass is 10.1. The monoisotopic (exact) mass is 373 g/mol. The molecular weight excluding hydrogens is 350 g/mol. The molecule has 1 atom stereocenters. The van der Waals surface area contributed by atoms with E-state index in [2.05, 4.69) is 9.97 Å². The van der Waals surface area contributed by atoms with Crippen LogP contribution in [0.1, 0.15) is 25.8 Å². The molecule has 2 aromatic rings. The summed E-state index contributed by atoms with van der Waals surface area (Å²) in [6, 6.07) is 1.69. The first-order valence-corrected chi connectivity index (χ1v) is 10.2. The Bertz CT molecular complexity index is 749. The summed E-state index contributed by atoms with van der Waals surface area (Å²) in [4.78, 5) is 21.1. The van der Waals surface area contributed by atoms with Crippen LogP contribution in [0.25, 0.3) is 11.0 Å². The summed E-state index contributed by atoms with van der Waals surface area (Å²) < 4.78 is 21.1. The Morgan fingerprint density at radius 2 is 2.08 bits per heavy atom. The molecule has 2 heterocycles. The first-order chi connectivity index (χ1) is 11.6. The molecule has 9 heteroatoms. The van der Waals surface area contributed by atoms with Crippen molar-refractivity contribution >= 4 is 33.9 Å². The number of rotatable bonds is 7. The Hall–Kier alpha value is -1.29. The number of aromatic nitrogens is 3. The van der Waals surface area contributed by atoms with E-state index in [9.17, 15) is 9.00 Å². The number of nitrogens with zero attached hydrogens (tertiary/aromatic N) is 3. The van der Waals surface area contributed by atoms with Gasteiger partial charge in [0.25, 0.3) is 5.56 Å². The van der Waals surface area contributed by atoms with E-state index in [0.29, 0.717) is 34.7 Å². The molecule has 0 saturated heterocycles. The molecule has 24 heavy (non-hydrogen) atoms. The Kier molecular flexibility index (Phi) is 9.12. The Labute approximate surface area is 147 Å². The molecule has 0 fully saturated rings. The lowest BCUT2D eigenvalue weighted by Gasteiger charge is -2.12. The predicted molar refractivity (Wildman–Crippen MR) is 98.0 cm³/mol. The van der Waals surface area contributed by atoms with Crippen molar-refractivity contribution in [3.05, 3.63) is 28.2 Å². The van der Waals surface area contributed by atoms with Gasteiger partial charge in [-0.25, -0.2) is 14.2 Å². The number of fused-ring (bicyclic) bond motifs is 1. The highest BCUT2D eigenvalue weighted by Crippen LogP contribution is 2.16. The first-order valence-electron chi connectivity index (χ1n) is 7.68. The normalized spacial score (nSPS) is 11.9. The van der Waals surface area contributed by atoms with Gasteiger partial charge in [0.2, 0.25) is 0 Å². The fourth-order valence-electron chi connectivity index (χ4n) is 2.15. The molecule has 7 nitrogen and oxygen atoms in total. The third kappa shape index (κ3) is 5.37. The number of aryl methyl sites for hydroxylation is 1. The van der Waals surface area contributed by atoms with Crippen molar-refractivity contribution in [2.45, 2.75) is 38.4 Å². The van der Waals surface area contributed by atoms with E-state index in [1.54, 1.807) is 12.3 Å². The summed E-state index contributed by atoms with van der Waals surface area (Å²) in [5.74, 6) is 0.0959. The average molecular weight is 374 g/mol. The molecule has 1 unspecified atom stereocenters. The smallest absolute Gasteiger partial charge is 0.255 e. The highest BCUT2D eigenvalue weighted by atomic mass is 32.2. The molecule has 0 radical (unpaired) electrons. The average Bonchev–Trinajstić information content (AvgIpc) is 2.59. The second-order valence-electron chi connectivity index (χ2n) is 4.61. The van der Waals surface area contributed by atoms with E-state index in [-0.39, 0.29) is 24.3 Å². The van der Waals surface area contributed by atoms with Crippen LogP contribution in [-0.4, -0.2) is 47.0 Å². The highest BCUT2D eigenvalue weighted by Gasteiger charge is 2.12. The quantitative estimate of drug-likeness (QED) is 0.432. The van der Waals surface area contributed by atoms with Crippen LogP contribution in [-0.2, 0) is 24.0 Å². The third-order valence-corrected chi connectivity index (χ3v) is 4.34. The minimum Gasteiger partial charge on any atom is -0.396 e. The van der Waals surface area contributed by atoms with Crippen LogP contribution in [0.4, 0.5) is 0 Å². The van der Waals surface area contributed by atoms with E-state index < -0.39 is 11.1 Å². The highest BCUT2D eigenvalue weighted by molar-refractivity contribution is 7.98. The van der Waals surface area contributed by atoms with Gasteiger partial charge in [0.15, 0.2) is 16.2 Å². The zero-order chi connectivity index (χ0) is 18.1. The zero-order valence-electron chi connectivity index (χ0n) is 14.1. The molecule has 0 aliphatic carbocycles. The van der Waals surface area contributed by atoms with Gasteiger partial charge in [0.05, 0.1) is 5.75 Å². The second-order valence-corrected chi connectivity index (χ2v) is 6.44. The molecule has 2 rings (SSSR count). The van der Waals surface area contributed by atoms with Crippen LogP contribution in [0.3, 0.4) is 0 Å². The van der Waals surface area contributed by atoms with Crippen molar-refractivity contribution in [2.75, 3.05) is 18.6 Å². The van der Waals surface area contributed by atoms with E-state index in [1.807, 2.05) is 20.1 Å². The van der Waals surface area contributed by atoms with Crippen molar-refractivity contribution in [1.29, 1.82) is 0 Å². The van der Waals surface area contributed by atoms with Gasteiger partial charge in [-0.15, -0.1) is 0 Å². The lowest BCUT2D eigenvalue weighted by molar-refractivity contribution is 0.299. The molecule has 0 aliphatic rings. The number of thioether (sulfide) groups is 1. The number of pyridine rings is 1. The molecule has 2 N–H and O–H groups in total. The van der Waals surface area contributed by atoms with Crippen LogP contribution >= 0.6 is 11.8 Å². The van der Waals surface area contributed by atoms with Crippen LogP contribution in [0.5, 0.6) is 0 Å². The van der Waals surface area contributed by atoms with Gasteiger partial charge < -0.3 is 9.66 Å². The Balaban J connectivity index is 0.00000139. The molecule has 0 amide bonds. The van der Waals surface area contributed by atoms with Crippen LogP contribution in [0.2, 0.25) is 0 Å². The SMILES string of the molecule is CC.CSc1ncc2cc(CCO)c(=O)n(CCCS(=O)O)c2n1. The lowest BCUT2D eigenvalue weighted by Crippen LogP contribution is -2.26.